The van der Waals surface area contributed by atoms with E-state index in [-0.39, 0.29) is 12.4 Å². The number of unbranched alkanes of at least 4 members (excludes halogenated alkanes) is 3. The van der Waals surface area contributed by atoms with Crippen molar-refractivity contribution in [1.82, 2.24) is 9.55 Å². The monoisotopic (exact) mass is 246 g/mol. The second-order valence-corrected chi connectivity index (χ2v) is 3.73. The predicted molar refractivity (Wildman–Crippen MR) is 64.9 cm³/mol. The summed E-state index contributed by atoms with van der Waals surface area (Å²) in [7, 11) is 0. The van der Waals surface area contributed by atoms with E-state index in [0.29, 0.717) is 6.42 Å². The molecule has 1 aromatic rings. The van der Waals surface area contributed by atoms with Crippen LogP contribution in [0.25, 0.3) is 0 Å². The maximum atomic E-state index is 10.3. The van der Waals surface area contributed by atoms with E-state index in [2.05, 4.69) is 9.55 Å². The number of carboxylic acids is 1. The minimum atomic E-state index is -0.694. The molecule has 0 radical (unpaired) electrons. The molecule has 1 heterocycles. The van der Waals surface area contributed by atoms with Gasteiger partial charge in [-0.2, -0.15) is 0 Å². The average molecular weight is 247 g/mol. The first-order chi connectivity index (χ1) is 7.20. The van der Waals surface area contributed by atoms with Crippen LogP contribution in [0.1, 0.15) is 37.9 Å². The van der Waals surface area contributed by atoms with Crippen LogP contribution >= 0.6 is 12.4 Å². The second-order valence-electron chi connectivity index (χ2n) is 3.73. The minimum absolute atomic E-state index is 0. The normalized spacial score (nSPS) is 9.81. The highest BCUT2D eigenvalue weighted by atomic mass is 35.5. The topological polar surface area (TPSA) is 55.1 Å². The molecule has 0 amide bonds. The van der Waals surface area contributed by atoms with Gasteiger partial charge in [0.05, 0.1) is 0 Å². The highest BCUT2D eigenvalue weighted by molar-refractivity contribution is 5.85. The molecule has 0 saturated carbocycles. The number of carbonyl (C=O) groups is 1. The Balaban J connectivity index is 0.00000225. The lowest BCUT2D eigenvalue weighted by atomic mass is 10.1. The Morgan fingerprint density at radius 1 is 1.38 bits per heavy atom. The third-order valence-electron chi connectivity index (χ3n) is 2.46. The van der Waals surface area contributed by atoms with Crippen molar-refractivity contribution in [2.45, 2.75) is 45.6 Å². The summed E-state index contributed by atoms with van der Waals surface area (Å²) in [5, 5.41) is 8.44. The number of aliphatic carboxylic acids is 1. The van der Waals surface area contributed by atoms with Gasteiger partial charge in [0.15, 0.2) is 0 Å². The smallest absolute Gasteiger partial charge is 0.303 e. The number of carboxylic acid groups (broad SMARTS) is 1. The van der Waals surface area contributed by atoms with Crippen LogP contribution in [-0.4, -0.2) is 20.6 Å². The zero-order chi connectivity index (χ0) is 11.1. The van der Waals surface area contributed by atoms with E-state index in [9.17, 15) is 4.79 Å². The molecule has 0 spiro atoms. The third kappa shape index (κ3) is 5.75. The lowest BCUT2D eigenvalue weighted by Crippen LogP contribution is -1.99. The Bertz CT molecular complexity index is 313. The molecule has 4 nitrogen and oxygen atoms in total. The van der Waals surface area contributed by atoms with Crippen molar-refractivity contribution in [3.63, 3.8) is 0 Å². The Morgan fingerprint density at radius 2 is 2.06 bits per heavy atom. The number of halogens is 1. The van der Waals surface area contributed by atoms with Gasteiger partial charge < -0.3 is 9.67 Å². The van der Waals surface area contributed by atoms with Gasteiger partial charge in [-0.3, -0.25) is 4.79 Å². The molecule has 0 aliphatic carbocycles. The van der Waals surface area contributed by atoms with Gasteiger partial charge in [-0.25, -0.2) is 4.98 Å². The molecule has 92 valence electrons. The van der Waals surface area contributed by atoms with E-state index in [0.717, 1.165) is 38.1 Å². The fourth-order valence-electron chi connectivity index (χ4n) is 1.55. The van der Waals surface area contributed by atoms with Gasteiger partial charge in [-0.15, -0.1) is 12.4 Å². The summed E-state index contributed by atoms with van der Waals surface area (Å²) in [4.78, 5) is 14.4. The van der Waals surface area contributed by atoms with Crippen LogP contribution in [0.15, 0.2) is 12.4 Å². The van der Waals surface area contributed by atoms with Crippen LogP contribution < -0.4 is 0 Å². The summed E-state index contributed by atoms with van der Waals surface area (Å²) < 4.78 is 2.12. The number of aryl methyl sites for hydroxylation is 2. The van der Waals surface area contributed by atoms with Gasteiger partial charge in [0.2, 0.25) is 0 Å². The Morgan fingerprint density at radius 3 is 2.62 bits per heavy atom. The largest absolute Gasteiger partial charge is 0.481 e. The lowest BCUT2D eigenvalue weighted by Gasteiger charge is -2.04. The first-order valence-electron chi connectivity index (χ1n) is 5.39. The molecule has 16 heavy (non-hydrogen) atoms. The zero-order valence-corrected chi connectivity index (χ0v) is 10.4. The van der Waals surface area contributed by atoms with E-state index in [1.54, 1.807) is 6.20 Å². The van der Waals surface area contributed by atoms with Crippen LogP contribution in [0.5, 0.6) is 0 Å². The summed E-state index contributed by atoms with van der Waals surface area (Å²) in [5.41, 5.74) is 0. The molecule has 0 saturated heterocycles. The molecule has 0 aromatic carbocycles. The van der Waals surface area contributed by atoms with Crippen LogP contribution in [0, 0.1) is 6.92 Å². The first-order valence-corrected chi connectivity index (χ1v) is 5.39. The zero-order valence-electron chi connectivity index (χ0n) is 9.56. The molecular formula is C11H19ClN2O2. The molecular weight excluding hydrogens is 228 g/mol. The summed E-state index contributed by atoms with van der Waals surface area (Å²) in [6, 6.07) is 0. The fourth-order valence-corrected chi connectivity index (χ4v) is 1.55. The van der Waals surface area contributed by atoms with Gasteiger partial charge in [0, 0.05) is 25.4 Å². The fraction of sp³-hybridized carbons (Fsp3) is 0.636. The quantitative estimate of drug-likeness (QED) is 0.753. The second kappa shape index (κ2) is 8.16. The van der Waals surface area contributed by atoms with Crippen molar-refractivity contribution in [3.05, 3.63) is 18.2 Å². The third-order valence-corrected chi connectivity index (χ3v) is 2.46. The van der Waals surface area contributed by atoms with Crippen molar-refractivity contribution >= 4 is 18.4 Å². The van der Waals surface area contributed by atoms with E-state index in [1.807, 2.05) is 13.1 Å². The van der Waals surface area contributed by atoms with Gasteiger partial charge >= 0.3 is 5.97 Å². The molecule has 1 N–H and O–H groups in total. The summed E-state index contributed by atoms with van der Waals surface area (Å²) >= 11 is 0. The molecule has 0 aliphatic rings. The molecule has 5 heteroatoms. The SMILES string of the molecule is Cc1nccn1CCCCCCC(=O)O.Cl. The van der Waals surface area contributed by atoms with Crippen molar-refractivity contribution in [1.29, 1.82) is 0 Å². The molecule has 1 rings (SSSR count). The van der Waals surface area contributed by atoms with Gasteiger partial charge in [-0.05, 0) is 19.8 Å². The summed E-state index contributed by atoms with van der Waals surface area (Å²) in [6.45, 7) is 2.98. The van der Waals surface area contributed by atoms with Crippen molar-refractivity contribution < 1.29 is 9.90 Å². The predicted octanol–water partition coefficient (Wildman–Crippen LogP) is 2.65. The number of hydrogen-bond donors (Lipinski definition) is 1. The summed E-state index contributed by atoms with van der Waals surface area (Å²) in [5.74, 6) is 0.348. The number of hydrogen-bond acceptors (Lipinski definition) is 2. The average Bonchev–Trinajstić information content (AvgIpc) is 2.57. The van der Waals surface area contributed by atoms with Crippen LogP contribution in [0.2, 0.25) is 0 Å². The molecule has 0 atom stereocenters. The summed E-state index contributed by atoms with van der Waals surface area (Å²) in [6.07, 6.45) is 8.05. The van der Waals surface area contributed by atoms with E-state index >= 15 is 0 Å². The first kappa shape index (κ1) is 15.0. The maximum Gasteiger partial charge on any atom is 0.303 e. The van der Waals surface area contributed by atoms with Gasteiger partial charge in [0.25, 0.3) is 0 Å². The number of nitrogens with zero attached hydrogens (tertiary/aromatic N) is 2. The molecule has 0 fully saturated rings. The van der Waals surface area contributed by atoms with E-state index in [4.69, 9.17) is 5.11 Å². The standard InChI is InChI=1S/C11H18N2O2.ClH/c1-10-12-7-9-13(10)8-5-3-2-4-6-11(14)15;/h7,9H,2-6,8H2,1H3,(H,14,15);1H. The van der Waals surface area contributed by atoms with Crippen molar-refractivity contribution in [2.75, 3.05) is 0 Å². The molecule has 0 unspecified atom stereocenters. The van der Waals surface area contributed by atoms with Gasteiger partial charge in [-0.1, -0.05) is 12.8 Å². The maximum absolute atomic E-state index is 10.3. The van der Waals surface area contributed by atoms with Crippen LogP contribution in [0.4, 0.5) is 0 Å². The minimum Gasteiger partial charge on any atom is -0.481 e. The van der Waals surface area contributed by atoms with Gasteiger partial charge in [0.1, 0.15) is 5.82 Å². The highest BCUT2D eigenvalue weighted by Crippen LogP contribution is 2.05. The van der Waals surface area contributed by atoms with E-state index in [1.165, 1.54) is 0 Å². The number of rotatable bonds is 7. The molecule has 0 aliphatic heterocycles. The Kier molecular flexibility index (Phi) is 7.64. The van der Waals surface area contributed by atoms with Crippen molar-refractivity contribution in [3.8, 4) is 0 Å². The Hall–Kier alpha value is -1.03. The lowest BCUT2D eigenvalue weighted by molar-refractivity contribution is -0.137. The Labute approximate surface area is 102 Å². The van der Waals surface area contributed by atoms with Crippen LogP contribution in [-0.2, 0) is 11.3 Å². The van der Waals surface area contributed by atoms with Crippen LogP contribution in [0.3, 0.4) is 0 Å². The molecule has 0 bridgehead atoms. The number of imidazole rings is 1. The van der Waals surface area contributed by atoms with E-state index < -0.39 is 5.97 Å². The number of aromatic nitrogens is 2. The van der Waals surface area contributed by atoms with Crippen molar-refractivity contribution in [2.24, 2.45) is 0 Å². The highest BCUT2D eigenvalue weighted by Gasteiger charge is 1.98. The molecule has 1 aromatic heterocycles.